The first kappa shape index (κ1) is 13.9. The molecule has 0 saturated heterocycles. The minimum atomic E-state index is -0.698. The van der Waals surface area contributed by atoms with Gasteiger partial charge in [0.1, 0.15) is 12.7 Å². The van der Waals surface area contributed by atoms with Crippen LogP contribution in [0.3, 0.4) is 0 Å². The molecule has 1 aromatic carbocycles. The number of hydrogen-bond acceptors (Lipinski definition) is 8. The number of ether oxygens (including phenoxy) is 1. The zero-order valence-electron chi connectivity index (χ0n) is 9.82. The van der Waals surface area contributed by atoms with Gasteiger partial charge in [0.2, 0.25) is 0 Å². The van der Waals surface area contributed by atoms with E-state index < -0.39 is 10.6 Å². The number of benzene rings is 1. The minimum Gasteiger partial charge on any atom is -0.479 e. The molecule has 0 aliphatic rings. The lowest BCUT2D eigenvalue weighted by Crippen LogP contribution is -2.03. The number of H-pyrrole nitrogens is 1. The average Bonchev–Trinajstić information content (AvgIpc) is 2.82. The molecule has 0 radical (unpaired) electrons. The summed E-state index contributed by atoms with van der Waals surface area (Å²) in [4.78, 5) is 10.4. The molecule has 3 N–H and O–H groups in total. The fraction of sp³-hybridized carbons (Fsp3) is 0.100. The third-order valence-corrected chi connectivity index (χ3v) is 3.36. The van der Waals surface area contributed by atoms with E-state index in [2.05, 4.69) is 10.2 Å². The summed E-state index contributed by atoms with van der Waals surface area (Å²) in [6, 6.07) is 4.44. The number of nitro groups is 1. The Morgan fingerprint density at radius 1 is 1.65 bits per heavy atom. The third-order valence-electron chi connectivity index (χ3n) is 2.30. The van der Waals surface area contributed by atoms with Crippen LogP contribution in [0.4, 0.5) is 11.4 Å². The molecule has 8 nitrogen and oxygen atoms in total. The molecule has 0 fully saturated rings. The third kappa shape index (κ3) is 2.73. The number of nitriles is 1. The highest BCUT2D eigenvalue weighted by molar-refractivity contribution is 7.73. The number of nitrogens with one attached hydrogen (secondary N) is 1. The van der Waals surface area contributed by atoms with E-state index in [1.807, 2.05) is 0 Å². The Morgan fingerprint density at radius 2 is 2.40 bits per heavy atom. The molecule has 2 rings (SSSR count). The van der Waals surface area contributed by atoms with Crippen molar-refractivity contribution in [3.05, 3.63) is 36.8 Å². The summed E-state index contributed by atoms with van der Waals surface area (Å²) in [5.41, 5.74) is 4.89. The van der Waals surface area contributed by atoms with Gasteiger partial charge in [0.05, 0.1) is 10.6 Å². The molecule has 0 amide bonds. The van der Waals surface area contributed by atoms with Crippen molar-refractivity contribution in [3.8, 4) is 11.8 Å². The summed E-state index contributed by atoms with van der Waals surface area (Å²) in [6.07, 6.45) is 0. The van der Waals surface area contributed by atoms with Crippen LogP contribution < -0.4 is 10.5 Å². The van der Waals surface area contributed by atoms with Crippen LogP contribution in [0.5, 0.6) is 5.75 Å². The molecule has 0 unspecified atom stereocenters. The van der Waals surface area contributed by atoms with Gasteiger partial charge in [-0.15, -0.1) is 0 Å². The first-order valence-electron chi connectivity index (χ1n) is 5.17. The van der Waals surface area contributed by atoms with Crippen molar-refractivity contribution in [1.82, 2.24) is 10.2 Å². The van der Waals surface area contributed by atoms with Gasteiger partial charge >= 0.3 is 5.69 Å². The fourth-order valence-corrected chi connectivity index (χ4v) is 2.31. The number of nitrogen functional groups attached to an aromatic ring is 1. The van der Waals surface area contributed by atoms with Crippen molar-refractivity contribution < 1.29 is 9.66 Å². The molecule has 0 saturated carbocycles. The molecule has 102 valence electrons. The number of anilines is 1. The van der Waals surface area contributed by atoms with Crippen LogP contribution in [-0.2, 0) is 6.61 Å². The molecular weight excluding hydrogens is 302 g/mol. The number of nitrogens with zero attached hydrogens (tertiary/aromatic N) is 3. The Bertz CT molecular complexity index is 761. The molecule has 1 aromatic heterocycles. The molecule has 2 aromatic rings. The topological polar surface area (TPSA) is 131 Å². The van der Waals surface area contributed by atoms with Crippen LogP contribution in [0.1, 0.15) is 10.6 Å². The van der Waals surface area contributed by atoms with Gasteiger partial charge in [-0.05, 0) is 24.4 Å². The smallest absolute Gasteiger partial charge is 0.330 e. The van der Waals surface area contributed by atoms with Crippen molar-refractivity contribution in [1.29, 1.82) is 5.26 Å². The maximum Gasteiger partial charge on any atom is 0.330 e. The van der Waals surface area contributed by atoms with Gasteiger partial charge in [0.25, 0.3) is 0 Å². The Kier molecular flexibility index (Phi) is 3.92. The van der Waals surface area contributed by atoms with Crippen molar-refractivity contribution >= 4 is 34.9 Å². The number of hydrogen-bond donors (Lipinski definition) is 2. The van der Waals surface area contributed by atoms with Gasteiger partial charge in [-0.2, -0.15) is 10.4 Å². The molecule has 0 aliphatic carbocycles. The lowest BCUT2D eigenvalue weighted by atomic mass is 10.1. The predicted molar refractivity (Wildman–Crippen MR) is 73.9 cm³/mol. The molecule has 0 aliphatic heterocycles. The van der Waals surface area contributed by atoms with E-state index in [1.165, 1.54) is 23.5 Å². The highest BCUT2D eigenvalue weighted by atomic mass is 32.1. The van der Waals surface area contributed by atoms with Crippen LogP contribution in [-0.4, -0.2) is 15.1 Å². The van der Waals surface area contributed by atoms with E-state index >= 15 is 0 Å². The van der Waals surface area contributed by atoms with Gasteiger partial charge in [-0.25, -0.2) is 0 Å². The van der Waals surface area contributed by atoms with E-state index in [4.69, 9.17) is 28.0 Å². The van der Waals surface area contributed by atoms with Crippen LogP contribution in [0.2, 0.25) is 0 Å². The van der Waals surface area contributed by atoms with Crippen LogP contribution >= 0.6 is 23.6 Å². The predicted octanol–water partition coefficient (Wildman–Crippen LogP) is 2.14. The number of nitro benzene ring substituents is 1. The Balaban J connectivity index is 2.34. The largest absolute Gasteiger partial charge is 0.479 e. The maximum absolute atomic E-state index is 11.1. The van der Waals surface area contributed by atoms with Gasteiger partial charge in [-0.3, -0.25) is 15.2 Å². The molecule has 1 heterocycles. The Morgan fingerprint density at radius 3 is 2.95 bits per heavy atom. The molecule has 10 heteroatoms. The van der Waals surface area contributed by atoms with Crippen molar-refractivity contribution in [2.45, 2.75) is 6.61 Å². The van der Waals surface area contributed by atoms with Gasteiger partial charge in [0.15, 0.2) is 20.3 Å². The average molecular weight is 309 g/mol. The number of aromatic amines is 1. The van der Waals surface area contributed by atoms with Crippen LogP contribution in [0, 0.1) is 25.4 Å². The second kappa shape index (κ2) is 5.64. The summed E-state index contributed by atoms with van der Waals surface area (Å²) in [6.45, 7) is 0.00737. The summed E-state index contributed by atoms with van der Waals surface area (Å²) in [5, 5.41) is 27.0. The standard InChI is InChI=1S/C10H7N5O3S2/c11-3-5-6(12)1-2-7(9(5)15(16)17)18-4-8-13-14-10(19)20-8/h1-2H,4,12H2,(H,14,19). The maximum atomic E-state index is 11.1. The lowest BCUT2D eigenvalue weighted by molar-refractivity contribution is -0.386. The fourth-order valence-electron chi connectivity index (χ4n) is 1.46. The number of aromatic nitrogens is 2. The minimum absolute atomic E-state index is 0.00737. The zero-order valence-corrected chi connectivity index (χ0v) is 11.5. The zero-order chi connectivity index (χ0) is 14.7. The van der Waals surface area contributed by atoms with Crippen molar-refractivity contribution in [2.24, 2.45) is 0 Å². The Hall–Kier alpha value is -2.51. The summed E-state index contributed by atoms with van der Waals surface area (Å²) < 4.78 is 5.81. The molecular formula is C10H7N5O3S2. The number of rotatable bonds is 4. The monoisotopic (exact) mass is 309 g/mol. The first-order valence-corrected chi connectivity index (χ1v) is 6.39. The lowest BCUT2D eigenvalue weighted by Gasteiger charge is -2.07. The van der Waals surface area contributed by atoms with E-state index in [0.29, 0.717) is 8.96 Å². The van der Waals surface area contributed by atoms with E-state index in [9.17, 15) is 10.1 Å². The number of nitrogens with two attached hydrogens (primary N) is 1. The molecule has 0 atom stereocenters. The van der Waals surface area contributed by atoms with Gasteiger partial charge in [-0.1, -0.05) is 11.3 Å². The van der Waals surface area contributed by atoms with E-state index in [0.717, 1.165) is 0 Å². The summed E-state index contributed by atoms with van der Waals surface area (Å²) in [7, 11) is 0. The molecule has 20 heavy (non-hydrogen) atoms. The quantitative estimate of drug-likeness (QED) is 0.383. The van der Waals surface area contributed by atoms with Gasteiger partial charge < -0.3 is 10.5 Å². The highest BCUT2D eigenvalue weighted by Gasteiger charge is 2.24. The van der Waals surface area contributed by atoms with Crippen molar-refractivity contribution in [3.63, 3.8) is 0 Å². The van der Waals surface area contributed by atoms with Gasteiger partial charge in [0, 0.05) is 0 Å². The normalized spacial score (nSPS) is 9.95. The van der Waals surface area contributed by atoms with E-state index in [1.54, 1.807) is 6.07 Å². The first-order chi connectivity index (χ1) is 9.52. The molecule has 0 spiro atoms. The second-order valence-electron chi connectivity index (χ2n) is 3.54. The van der Waals surface area contributed by atoms with Crippen molar-refractivity contribution in [2.75, 3.05) is 5.73 Å². The Labute approximate surface area is 121 Å². The van der Waals surface area contributed by atoms with Crippen LogP contribution in [0.15, 0.2) is 12.1 Å². The van der Waals surface area contributed by atoms with E-state index in [-0.39, 0.29) is 23.6 Å². The molecule has 0 bridgehead atoms. The summed E-state index contributed by atoms with van der Waals surface area (Å²) in [5.74, 6) is -0.0399. The van der Waals surface area contributed by atoms with Crippen LogP contribution in [0.25, 0.3) is 0 Å². The SMILES string of the molecule is N#Cc1c(N)ccc(OCc2n[nH]c(=S)s2)c1[N+](=O)[O-]. The second-order valence-corrected chi connectivity index (χ2v) is 5.29. The summed E-state index contributed by atoms with van der Waals surface area (Å²) >= 11 is 6.06. The highest BCUT2D eigenvalue weighted by Crippen LogP contribution is 2.34.